The number of carbonyl (C=O) groups is 2. The number of nitrogens with one attached hydrogen (secondary N) is 1. The number of hydrogen-bond donors (Lipinski definition) is 1. The van der Waals surface area contributed by atoms with Crippen LogP contribution in [0.15, 0.2) is 30.3 Å². The summed E-state index contributed by atoms with van der Waals surface area (Å²) >= 11 is 1.68. The zero-order valence-electron chi connectivity index (χ0n) is 17.4. The van der Waals surface area contributed by atoms with Gasteiger partial charge in [-0.05, 0) is 42.9 Å². The molecule has 1 saturated heterocycles. The Balaban J connectivity index is 2.00. The average Bonchev–Trinajstić information content (AvgIpc) is 3.17. The summed E-state index contributed by atoms with van der Waals surface area (Å²) in [5.41, 5.74) is 0.968. The third-order valence-electron chi connectivity index (χ3n) is 4.89. The Labute approximate surface area is 173 Å². The second-order valence-electron chi connectivity index (χ2n) is 7.71. The second kappa shape index (κ2) is 12.0. The minimum atomic E-state index is -0.316. The van der Waals surface area contributed by atoms with Crippen LogP contribution in [0.3, 0.4) is 0 Å². The lowest BCUT2D eigenvalue weighted by atomic mass is 10.1. The molecule has 1 heterocycles. The van der Waals surface area contributed by atoms with Gasteiger partial charge < -0.3 is 15.0 Å². The van der Waals surface area contributed by atoms with Gasteiger partial charge in [-0.25, -0.2) is 4.79 Å². The summed E-state index contributed by atoms with van der Waals surface area (Å²) in [6, 6.07) is 9.59. The van der Waals surface area contributed by atoms with Crippen molar-refractivity contribution in [2.24, 2.45) is 5.92 Å². The summed E-state index contributed by atoms with van der Waals surface area (Å²) in [6.45, 7) is 8.01. The molecule has 0 aromatic heterocycles. The van der Waals surface area contributed by atoms with Gasteiger partial charge in [-0.1, -0.05) is 51.1 Å². The number of rotatable bonds is 10. The van der Waals surface area contributed by atoms with Crippen molar-refractivity contribution in [1.82, 2.24) is 10.2 Å². The van der Waals surface area contributed by atoms with Gasteiger partial charge in [0.05, 0.1) is 6.04 Å². The van der Waals surface area contributed by atoms with E-state index in [1.165, 1.54) is 0 Å². The first-order chi connectivity index (χ1) is 13.5. The molecule has 2 unspecified atom stereocenters. The van der Waals surface area contributed by atoms with Crippen molar-refractivity contribution in [2.45, 2.75) is 64.4 Å². The second-order valence-corrected chi connectivity index (χ2v) is 8.96. The summed E-state index contributed by atoms with van der Waals surface area (Å²) in [6.07, 6.45) is 3.41. The summed E-state index contributed by atoms with van der Waals surface area (Å²) in [4.78, 5) is 27.3. The van der Waals surface area contributed by atoms with E-state index >= 15 is 0 Å². The Kier molecular flexibility index (Phi) is 9.68. The van der Waals surface area contributed by atoms with Gasteiger partial charge in [0.15, 0.2) is 0 Å². The zero-order chi connectivity index (χ0) is 20.4. The fourth-order valence-corrected chi connectivity index (χ4v) is 4.88. The van der Waals surface area contributed by atoms with Crippen LogP contribution in [-0.4, -0.2) is 47.0 Å². The molecule has 2 rings (SSSR count). The normalized spacial score (nSPS) is 17.6. The van der Waals surface area contributed by atoms with E-state index in [1.54, 1.807) is 16.7 Å². The van der Waals surface area contributed by atoms with E-state index in [1.807, 2.05) is 37.3 Å². The van der Waals surface area contributed by atoms with E-state index < -0.39 is 0 Å². The number of hydrogen-bond acceptors (Lipinski definition) is 4. The lowest BCUT2D eigenvalue weighted by Gasteiger charge is -2.30. The SMILES string of the molecule is CCCNC(=O)C(SCCC(C)C)C1CCCN1C(=O)OCc1ccccc1. The molecule has 1 fully saturated rings. The topological polar surface area (TPSA) is 58.6 Å². The molecule has 2 atom stereocenters. The van der Waals surface area contributed by atoms with Crippen LogP contribution in [0.2, 0.25) is 0 Å². The first-order valence-electron chi connectivity index (χ1n) is 10.4. The molecule has 1 aromatic rings. The highest BCUT2D eigenvalue weighted by Crippen LogP contribution is 2.30. The molecule has 0 bridgehead atoms. The van der Waals surface area contributed by atoms with Gasteiger partial charge in [-0.2, -0.15) is 0 Å². The summed E-state index contributed by atoms with van der Waals surface area (Å²) in [5, 5.41) is 2.79. The van der Waals surface area contributed by atoms with Gasteiger partial charge in [0, 0.05) is 13.1 Å². The molecule has 0 saturated carbocycles. The molecule has 156 valence electrons. The Bertz CT molecular complexity index is 609. The molecule has 28 heavy (non-hydrogen) atoms. The van der Waals surface area contributed by atoms with Gasteiger partial charge in [0.2, 0.25) is 5.91 Å². The van der Waals surface area contributed by atoms with Crippen LogP contribution in [0.25, 0.3) is 0 Å². The number of ether oxygens (including phenoxy) is 1. The van der Waals surface area contributed by atoms with Crippen LogP contribution in [0.4, 0.5) is 4.79 Å². The fourth-order valence-electron chi connectivity index (χ4n) is 3.28. The molecule has 6 heteroatoms. The Hall–Kier alpha value is -1.69. The number of nitrogens with zero attached hydrogens (tertiary/aromatic N) is 1. The highest BCUT2D eigenvalue weighted by atomic mass is 32.2. The van der Waals surface area contributed by atoms with E-state index in [9.17, 15) is 9.59 Å². The van der Waals surface area contributed by atoms with Crippen molar-refractivity contribution < 1.29 is 14.3 Å². The number of amides is 2. The molecular formula is C22H34N2O3S. The van der Waals surface area contributed by atoms with Crippen molar-refractivity contribution in [1.29, 1.82) is 0 Å². The summed E-state index contributed by atoms with van der Waals surface area (Å²) in [7, 11) is 0. The molecule has 1 aromatic carbocycles. The van der Waals surface area contributed by atoms with Crippen molar-refractivity contribution in [3.05, 3.63) is 35.9 Å². The van der Waals surface area contributed by atoms with E-state index in [4.69, 9.17) is 4.74 Å². The number of thioether (sulfide) groups is 1. The first-order valence-corrected chi connectivity index (χ1v) is 11.4. The molecule has 2 amide bonds. The van der Waals surface area contributed by atoms with Crippen LogP contribution < -0.4 is 5.32 Å². The van der Waals surface area contributed by atoms with Crippen molar-refractivity contribution in [3.63, 3.8) is 0 Å². The molecular weight excluding hydrogens is 372 g/mol. The average molecular weight is 407 g/mol. The van der Waals surface area contributed by atoms with E-state index in [0.29, 0.717) is 19.0 Å². The predicted molar refractivity (Wildman–Crippen MR) is 115 cm³/mol. The van der Waals surface area contributed by atoms with Crippen LogP contribution in [0.1, 0.15) is 52.0 Å². The highest BCUT2D eigenvalue weighted by Gasteiger charge is 2.39. The lowest BCUT2D eigenvalue weighted by Crippen LogP contribution is -2.48. The minimum Gasteiger partial charge on any atom is -0.445 e. The Morgan fingerprint density at radius 3 is 2.71 bits per heavy atom. The van der Waals surface area contributed by atoms with Crippen molar-refractivity contribution >= 4 is 23.8 Å². The van der Waals surface area contributed by atoms with Gasteiger partial charge >= 0.3 is 6.09 Å². The minimum absolute atomic E-state index is 0.0448. The summed E-state index contributed by atoms with van der Waals surface area (Å²) < 4.78 is 5.54. The van der Waals surface area contributed by atoms with Crippen LogP contribution in [0.5, 0.6) is 0 Å². The smallest absolute Gasteiger partial charge is 0.410 e. The highest BCUT2D eigenvalue weighted by molar-refractivity contribution is 8.00. The number of benzene rings is 1. The third kappa shape index (κ3) is 7.04. The maximum atomic E-state index is 12.8. The van der Waals surface area contributed by atoms with Gasteiger partial charge in [0.1, 0.15) is 11.9 Å². The van der Waals surface area contributed by atoms with Crippen LogP contribution in [-0.2, 0) is 16.1 Å². The molecule has 1 aliphatic heterocycles. The monoisotopic (exact) mass is 406 g/mol. The largest absolute Gasteiger partial charge is 0.445 e. The summed E-state index contributed by atoms with van der Waals surface area (Å²) in [5.74, 6) is 1.57. The molecule has 0 radical (unpaired) electrons. The third-order valence-corrected chi connectivity index (χ3v) is 6.25. The van der Waals surface area contributed by atoms with Crippen LogP contribution in [0, 0.1) is 5.92 Å². The van der Waals surface area contributed by atoms with E-state index in [2.05, 4.69) is 19.2 Å². The Morgan fingerprint density at radius 1 is 1.29 bits per heavy atom. The van der Waals surface area contributed by atoms with Crippen molar-refractivity contribution in [2.75, 3.05) is 18.8 Å². The standard InChI is InChI=1S/C22H34N2O3S/c1-4-13-23-21(25)20(28-15-12-17(2)3)19-11-8-14-24(19)22(26)27-16-18-9-6-5-7-10-18/h5-7,9-10,17,19-20H,4,8,11-16H2,1-3H3,(H,23,25). The molecule has 0 aliphatic carbocycles. The molecule has 5 nitrogen and oxygen atoms in total. The zero-order valence-corrected chi connectivity index (χ0v) is 18.2. The molecule has 1 aliphatic rings. The van der Waals surface area contributed by atoms with E-state index in [-0.39, 0.29) is 29.9 Å². The van der Waals surface area contributed by atoms with Gasteiger partial charge in [0.25, 0.3) is 0 Å². The van der Waals surface area contributed by atoms with Crippen molar-refractivity contribution in [3.8, 4) is 0 Å². The lowest BCUT2D eigenvalue weighted by molar-refractivity contribution is -0.121. The fraction of sp³-hybridized carbons (Fsp3) is 0.636. The maximum Gasteiger partial charge on any atom is 0.410 e. The quantitative estimate of drug-likeness (QED) is 0.623. The first kappa shape index (κ1) is 22.6. The van der Waals surface area contributed by atoms with Crippen LogP contribution >= 0.6 is 11.8 Å². The predicted octanol–water partition coefficient (Wildman–Crippen LogP) is 4.46. The number of carbonyl (C=O) groups excluding carboxylic acids is 2. The van der Waals surface area contributed by atoms with Gasteiger partial charge in [-0.3, -0.25) is 4.79 Å². The Morgan fingerprint density at radius 2 is 2.04 bits per heavy atom. The van der Waals surface area contributed by atoms with E-state index in [0.717, 1.165) is 37.0 Å². The molecule has 0 spiro atoms. The van der Waals surface area contributed by atoms with Gasteiger partial charge in [-0.15, -0.1) is 11.8 Å². The maximum absolute atomic E-state index is 12.8. The molecule has 1 N–H and O–H groups in total. The number of likely N-dealkylation sites (tertiary alicyclic amines) is 1.